The Hall–Kier alpha value is -2.38. The van der Waals surface area contributed by atoms with Crippen LogP contribution in [0.15, 0.2) is 18.2 Å². The number of fused-ring (bicyclic) bond motifs is 1. The van der Waals surface area contributed by atoms with Gasteiger partial charge in [0.05, 0.1) is 11.3 Å². The number of nitrogen functional groups attached to an aromatic ring is 1. The maximum absolute atomic E-state index is 13.1. The number of rotatable bonds is 1. The molecule has 1 aromatic carbocycles. The van der Waals surface area contributed by atoms with Gasteiger partial charge in [0.25, 0.3) is 0 Å². The topological polar surface area (TPSA) is 62.3 Å². The van der Waals surface area contributed by atoms with Crippen molar-refractivity contribution in [2.75, 3.05) is 12.5 Å². The SMILES string of the molecule is Cn1nc(-c2cc3c(cc2C(F)(F)F)OCO3)cc1N. The molecule has 5 nitrogen and oxygen atoms in total. The summed E-state index contributed by atoms with van der Waals surface area (Å²) in [6.07, 6.45) is -4.53. The monoisotopic (exact) mass is 285 g/mol. The number of benzene rings is 1. The van der Waals surface area contributed by atoms with Gasteiger partial charge in [0, 0.05) is 18.7 Å². The number of aryl methyl sites for hydroxylation is 1. The molecule has 8 heteroatoms. The molecular weight excluding hydrogens is 275 g/mol. The second-order valence-electron chi connectivity index (χ2n) is 4.33. The van der Waals surface area contributed by atoms with Crippen molar-refractivity contribution in [2.45, 2.75) is 6.18 Å². The molecule has 0 unspecified atom stereocenters. The minimum absolute atomic E-state index is 0.0741. The van der Waals surface area contributed by atoms with Crippen molar-refractivity contribution in [3.63, 3.8) is 0 Å². The number of nitrogens with two attached hydrogens (primary N) is 1. The summed E-state index contributed by atoms with van der Waals surface area (Å²) in [5, 5.41) is 3.98. The lowest BCUT2D eigenvalue weighted by molar-refractivity contribution is -0.137. The molecule has 0 aliphatic carbocycles. The van der Waals surface area contributed by atoms with Crippen LogP contribution in [0.5, 0.6) is 11.5 Å². The molecule has 20 heavy (non-hydrogen) atoms. The quantitative estimate of drug-likeness (QED) is 0.874. The van der Waals surface area contributed by atoms with Crippen molar-refractivity contribution in [2.24, 2.45) is 7.05 Å². The van der Waals surface area contributed by atoms with E-state index < -0.39 is 11.7 Å². The van der Waals surface area contributed by atoms with Crippen molar-refractivity contribution in [3.05, 3.63) is 23.8 Å². The molecule has 0 fully saturated rings. The van der Waals surface area contributed by atoms with E-state index in [1.807, 2.05) is 0 Å². The number of hydrogen-bond donors (Lipinski definition) is 1. The lowest BCUT2D eigenvalue weighted by Gasteiger charge is -2.12. The van der Waals surface area contributed by atoms with Crippen molar-refractivity contribution < 1.29 is 22.6 Å². The molecule has 0 spiro atoms. The van der Waals surface area contributed by atoms with Crippen LogP contribution in [0.1, 0.15) is 5.56 Å². The van der Waals surface area contributed by atoms with Gasteiger partial charge < -0.3 is 15.2 Å². The molecule has 3 rings (SSSR count). The van der Waals surface area contributed by atoms with Crippen molar-refractivity contribution in [3.8, 4) is 22.8 Å². The first-order valence-corrected chi connectivity index (χ1v) is 5.67. The minimum atomic E-state index is -4.53. The van der Waals surface area contributed by atoms with Gasteiger partial charge >= 0.3 is 6.18 Å². The van der Waals surface area contributed by atoms with E-state index in [1.165, 1.54) is 16.8 Å². The predicted octanol–water partition coefficient (Wildman–Crippen LogP) is 2.42. The zero-order valence-electron chi connectivity index (χ0n) is 10.4. The summed E-state index contributed by atoms with van der Waals surface area (Å²) in [7, 11) is 1.55. The van der Waals surface area contributed by atoms with Gasteiger partial charge in [0.1, 0.15) is 5.82 Å². The highest BCUT2D eigenvalue weighted by molar-refractivity contribution is 5.71. The highest BCUT2D eigenvalue weighted by Gasteiger charge is 2.36. The van der Waals surface area contributed by atoms with E-state index in [2.05, 4.69) is 5.10 Å². The molecule has 106 valence electrons. The number of nitrogens with zero attached hydrogens (tertiary/aromatic N) is 2. The minimum Gasteiger partial charge on any atom is -0.454 e. The van der Waals surface area contributed by atoms with Crippen LogP contribution in [0.2, 0.25) is 0 Å². The van der Waals surface area contributed by atoms with Crippen LogP contribution in [0, 0.1) is 0 Å². The van der Waals surface area contributed by atoms with Crippen LogP contribution in [-0.4, -0.2) is 16.6 Å². The van der Waals surface area contributed by atoms with E-state index in [9.17, 15) is 13.2 Å². The molecule has 0 radical (unpaired) electrons. The molecule has 2 N–H and O–H groups in total. The molecule has 2 aromatic rings. The molecule has 0 amide bonds. The van der Waals surface area contributed by atoms with Gasteiger partial charge in [-0.25, -0.2) is 0 Å². The number of ether oxygens (including phenoxy) is 2. The Morgan fingerprint density at radius 1 is 1.20 bits per heavy atom. The van der Waals surface area contributed by atoms with E-state index >= 15 is 0 Å². The molecule has 2 heterocycles. The van der Waals surface area contributed by atoms with Gasteiger partial charge in [-0.3, -0.25) is 4.68 Å². The third kappa shape index (κ3) is 1.93. The fraction of sp³-hybridized carbons (Fsp3) is 0.250. The molecule has 0 saturated carbocycles. The number of alkyl halides is 3. The lowest BCUT2D eigenvalue weighted by Crippen LogP contribution is -2.07. The van der Waals surface area contributed by atoms with Gasteiger partial charge in [-0.15, -0.1) is 0 Å². The maximum Gasteiger partial charge on any atom is 0.417 e. The second kappa shape index (κ2) is 4.06. The molecule has 0 saturated heterocycles. The zero-order chi connectivity index (χ0) is 14.5. The van der Waals surface area contributed by atoms with Crippen LogP contribution in [0.4, 0.5) is 19.0 Å². The maximum atomic E-state index is 13.1. The average Bonchev–Trinajstić information content (AvgIpc) is 2.93. The first-order valence-electron chi connectivity index (χ1n) is 5.67. The summed E-state index contributed by atoms with van der Waals surface area (Å²) in [5.74, 6) is 0.605. The van der Waals surface area contributed by atoms with Crippen LogP contribution in [0.25, 0.3) is 11.3 Å². The van der Waals surface area contributed by atoms with Gasteiger partial charge in [0.2, 0.25) is 6.79 Å². The Bertz CT molecular complexity index is 660. The third-order valence-corrected chi connectivity index (χ3v) is 3.01. The first kappa shape index (κ1) is 12.6. The standard InChI is InChI=1S/C12H10F3N3O2/c1-18-11(16)4-8(17-18)6-2-9-10(20-5-19-9)3-7(6)12(13,14)15/h2-4H,5,16H2,1H3. The predicted molar refractivity (Wildman–Crippen MR) is 64.2 cm³/mol. The van der Waals surface area contributed by atoms with Crippen LogP contribution < -0.4 is 15.2 Å². The Balaban J connectivity index is 2.23. The largest absolute Gasteiger partial charge is 0.454 e. The molecule has 1 aromatic heterocycles. The van der Waals surface area contributed by atoms with Crippen LogP contribution in [-0.2, 0) is 13.2 Å². The van der Waals surface area contributed by atoms with Crippen LogP contribution in [0.3, 0.4) is 0 Å². The van der Waals surface area contributed by atoms with Gasteiger partial charge in [0.15, 0.2) is 11.5 Å². The van der Waals surface area contributed by atoms with Crippen molar-refractivity contribution in [1.29, 1.82) is 0 Å². The van der Waals surface area contributed by atoms with Crippen molar-refractivity contribution in [1.82, 2.24) is 9.78 Å². The molecule has 1 aliphatic rings. The second-order valence-corrected chi connectivity index (χ2v) is 4.33. The van der Waals surface area contributed by atoms with E-state index in [4.69, 9.17) is 15.2 Å². The fourth-order valence-corrected chi connectivity index (χ4v) is 2.00. The number of halogens is 3. The Labute approximate surface area is 111 Å². The third-order valence-electron chi connectivity index (χ3n) is 3.01. The van der Waals surface area contributed by atoms with E-state index in [0.717, 1.165) is 6.07 Å². The van der Waals surface area contributed by atoms with Crippen molar-refractivity contribution >= 4 is 5.82 Å². The summed E-state index contributed by atoms with van der Waals surface area (Å²) in [5.41, 5.74) is 4.83. The highest BCUT2D eigenvalue weighted by Crippen LogP contribution is 2.44. The van der Waals surface area contributed by atoms with Gasteiger partial charge in [-0.2, -0.15) is 18.3 Å². The molecule has 0 bridgehead atoms. The number of aromatic nitrogens is 2. The van der Waals surface area contributed by atoms with E-state index in [-0.39, 0.29) is 35.4 Å². The van der Waals surface area contributed by atoms with Gasteiger partial charge in [-0.05, 0) is 12.1 Å². The fourth-order valence-electron chi connectivity index (χ4n) is 2.00. The smallest absolute Gasteiger partial charge is 0.417 e. The van der Waals surface area contributed by atoms with E-state index in [0.29, 0.717) is 0 Å². The zero-order valence-corrected chi connectivity index (χ0v) is 10.4. The van der Waals surface area contributed by atoms with Gasteiger partial charge in [-0.1, -0.05) is 0 Å². The normalized spacial score (nSPS) is 13.8. The Morgan fingerprint density at radius 2 is 1.85 bits per heavy atom. The number of hydrogen-bond acceptors (Lipinski definition) is 4. The summed E-state index contributed by atoms with van der Waals surface area (Å²) < 4.78 is 50.8. The van der Waals surface area contributed by atoms with Crippen LogP contribution >= 0.6 is 0 Å². The average molecular weight is 285 g/mol. The van der Waals surface area contributed by atoms with E-state index in [1.54, 1.807) is 7.05 Å². The Morgan fingerprint density at radius 3 is 2.40 bits per heavy atom. The summed E-state index contributed by atoms with van der Waals surface area (Å²) in [6, 6.07) is 3.57. The number of anilines is 1. The summed E-state index contributed by atoms with van der Waals surface area (Å²) in [6.45, 7) is -0.0968. The Kier molecular flexibility index (Phi) is 2.56. The summed E-state index contributed by atoms with van der Waals surface area (Å²) in [4.78, 5) is 0. The first-order chi connectivity index (χ1) is 9.36. The molecule has 1 aliphatic heterocycles. The molecule has 0 atom stereocenters. The summed E-state index contributed by atoms with van der Waals surface area (Å²) >= 11 is 0. The highest BCUT2D eigenvalue weighted by atomic mass is 19.4. The lowest BCUT2D eigenvalue weighted by atomic mass is 10.0. The molecular formula is C12H10F3N3O2.